The molecule has 0 aliphatic rings. The summed E-state index contributed by atoms with van der Waals surface area (Å²) in [5.41, 5.74) is -2.98. The standard InChI is InChI=1S/C17H13F3N2O3/c1-8(2)21-15(24)11-7-10-13(23)9-5-3-4-6-12(9)25-16(10)22-14(11)17(18,19)20/h3-8H,1-2H3,(H,21,24). The highest BCUT2D eigenvalue weighted by Crippen LogP contribution is 2.32. The third-order valence-corrected chi connectivity index (χ3v) is 3.50. The van der Waals surface area contributed by atoms with Crippen LogP contribution in [0.25, 0.3) is 22.1 Å². The van der Waals surface area contributed by atoms with Gasteiger partial charge in [-0.3, -0.25) is 9.59 Å². The predicted octanol–water partition coefficient (Wildman–Crippen LogP) is 3.50. The van der Waals surface area contributed by atoms with Crippen molar-refractivity contribution >= 4 is 28.0 Å². The monoisotopic (exact) mass is 350 g/mol. The Hall–Kier alpha value is -2.90. The maximum absolute atomic E-state index is 13.3. The highest BCUT2D eigenvalue weighted by Gasteiger charge is 2.38. The van der Waals surface area contributed by atoms with Gasteiger partial charge in [0.2, 0.25) is 11.1 Å². The molecule has 0 fully saturated rings. The smallest absolute Gasteiger partial charge is 0.434 e. The molecule has 8 heteroatoms. The van der Waals surface area contributed by atoms with Gasteiger partial charge in [0.1, 0.15) is 5.58 Å². The fourth-order valence-electron chi connectivity index (χ4n) is 2.46. The molecule has 5 nitrogen and oxygen atoms in total. The van der Waals surface area contributed by atoms with Crippen LogP contribution in [0.1, 0.15) is 29.9 Å². The molecule has 0 spiro atoms. The van der Waals surface area contributed by atoms with Crippen LogP contribution in [0.4, 0.5) is 13.2 Å². The van der Waals surface area contributed by atoms with E-state index in [2.05, 4.69) is 10.3 Å². The number of para-hydroxylation sites is 1. The first-order chi connectivity index (χ1) is 11.7. The molecule has 0 bridgehead atoms. The third-order valence-electron chi connectivity index (χ3n) is 3.50. The van der Waals surface area contributed by atoms with Gasteiger partial charge < -0.3 is 9.73 Å². The number of hydrogen-bond donors (Lipinski definition) is 1. The molecule has 25 heavy (non-hydrogen) atoms. The molecule has 3 rings (SSSR count). The minimum Gasteiger partial charge on any atom is -0.437 e. The summed E-state index contributed by atoms with van der Waals surface area (Å²) in [5.74, 6) is -0.954. The summed E-state index contributed by atoms with van der Waals surface area (Å²) in [5, 5.41) is 2.40. The van der Waals surface area contributed by atoms with Crippen molar-refractivity contribution < 1.29 is 22.4 Å². The molecule has 0 saturated carbocycles. The van der Waals surface area contributed by atoms with Crippen LogP contribution < -0.4 is 10.7 Å². The zero-order chi connectivity index (χ0) is 18.4. The fraction of sp³-hybridized carbons (Fsp3) is 0.235. The molecule has 1 amide bonds. The molecule has 0 radical (unpaired) electrons. The quantitative estimate of drug-likeness (QED) is 0.718. The van der Waals surface area contributed by atoms with Crippen molar-refractivity contribution in [3.8, 4) is 0 Å². The number of amides is 1. The minimum atomic E-state index is -4.87. The van der Waals surface area contributed by atoms with E-state index in [0.29, 0.717) is 0 Å². The lowest BCUT2D eigenvalue weighted by Crippen LogP contribution is -2.32. The number of pyridine rings is 1. The SMILES string of the molecule is CC(C)NC(=O)c1cc2c(=O)c3ccccc3oc2nc1C(F)(F)F. The Labute approximate surface area is 139 Å². The zero-order valence-electron chi connectivity index (χ0n) is 13.3. The molecular weight excluding hydrogens is 337 g/mol. The van der Waals surface area contributed by atoms with Crippen molar-refractivity contribution in [1.82, 2.24) is 10.3 Å². The molecule has 0 aliphatic carbocycles. The van der Waals surface area contributed by atoms with Gasteiger partial charge in [0.15, 0.2) is 5.69 Å². The van der Waals surface area contributed by atoms with Gasteiger partial charge in [0.05, 0.1) is 16.3 Å². The summed E-state index contributed by atoms with van der Waals surface area (Å²) in [4.78, 5) is 28.1. The molecule has 0 atom stereocenters. The highest BCUT2D eigenvalue weighted by atomic mass is 19.4. The summed E-state index contributed by atoms with van der Waals surface area (Å²) in [6.07, 6.45) is -4.87. The molecule has 2 heterocycles. The van der Waals surface area contributed by atoms with Crippen molar-refractivity contribution in [3.63, 3.8) is 0 Å². The summed E-state index contributed by atoms with van der Waals surface area (Å²) in [6.45, 7) is 3.23. The van der Waals surface area contributed by atoms with Crippen LogP contribution in [-0.4, -0.2) is 16.9 Å². The Bertz CT molecular complexity index is 1040. The Morgan fingerprint density at radius 3 is 2.52 bits per heavy atom. The van der Waals surface area contributed by atoms with Gasteiger partial charge in [-0.1, -0.05) is 12.1 Å². The van der Waals surface area contributed by atoms with Gasteiger partial charge >= 0.3 is 6.18 Å². The van der Waals surface area contributed by atoms with Crippen LogP contribution in [0, 0.1) is 0 Å². The Morgan fingerprint density at radius 2 is 1.88 bits per heavy atom. The second-order valence-corrected chi connectivity index (χ2v) is 5.79. The molecule has 130 valence electrons. The summed E-state index contributed by atoms with van der Waals surface area (Å²) in [7, 11) is 0. The topological polar surface area (TPSA) is 72.2 Å². The number of alkyl halides is 3. The van der Waals surface area contributed by atoms with Crippen molar-refractivity contribution in [2.75, 3.05) is 0 Å². The average molecular weight is 350 g/mol. The van der Waals surface area contributed by atoms with Gasteiger partial charge in [-0.2, -0.15) is 13.2 Å². The summed E-state index contributed by atoms with van der Waals surface area (Å²) >= 11 is 0. The second kappa shape index (κ2) is 5.87. The van der Waals surface area contributed by atoms with Gasteiger partial charge in [-0.25, -0.2) is 4.98 Å². The Balaban J connectivity index is 2.37. The first kappa shape index (κ1) is 16.9. The van der Waals surface area contributed by atoms with Crippen LogP contribution >= 0.6 is 0 Å². The number of aromatic nitrogens is 1. The van der Waals surface area contributed by atoms with Crippen molar-refractivity contribution in [2.24, 2.45) is 0 Å². The van der Waals surface area contributed by atoms with E-state index in [0.717, 1.165) is 6.07 Å². The number of halogens is 3. The number of rotatable bonds is 2. The first-order valence-corrected chi connectivity index (χ1v) is 7.43. The number of carbonyl (C=O) groups excluding carboxylic acids is 1. The second-order valence-electron chi connectivity index (χ2n) is 5.79. The van der Waals surface area contributed by atoms with E-state index in [4.69, 9.17) is 4.42 Å². The molecular formula is C17H13F3N2O3. The van der Waals surface area contributed by atoms with Gasteiger partial charge in [0.25, 0.3) is 5.91 Å². The van der Waals surface area contributed by atoms with E-state index >= 15 is 0 Å². The lowest BCUT2D eigenvalue weighted by atomic mass is 10.1. The molecule has 0 saturated heterocycles. The van der Waals surface area contributed by atoms with E-state index in [1.165, 1.54) is 12.1 Å². The maximum atomic E-state index is 13.3. The van der Waals surface area contributed by atoms with E-state index in [-0.39, 0.29) is 22.4 Å². The van der Waals surface area contributed by atoms with Crippen LogP contribution in [0.2, 0.25) is 0 Å². The molecule has 2 aromatic heterocycles. The Kier molecular flexibility index (Phi) is 3.98. The van der Waals surface area contributed by atoms with Crippen molar-refractivity contribution in [2.45, 2.75) is 26.1 Å². The highest BCUT2D eigenvalue weighted by molar-refractivity contribution is 5.99. The van der Waals surface area contributed by atoms with Crippen LogP contribution in [0.3, 0.4) is 0 Å². The van der Waals surface area contributed by atoms with Crippen LogP contribution in [0.5, 0.6) is 0 Å². The van der Waals surface area contributed by atoms with Crippen molar-refractivity contribution in [1.29, 1.82) is 0 Å². The van der Waals surface area contributed by atoms with Crippen LogP contribution in [-0.2, 0) is 6.18 Å². The van der Waals surface area contributed by atoms with Gasteiger partial charge in [-0.15, -0.1) is 0 Å². The third kappa shape index (κ3) is 3.07. The predicted molar refractivity (Wildman–Crippen MR) is 85.4 cm³/mol. The lowest BCUT2D eigenvalue weighted by molar-refractivity contribution is -0.141. The summed E-state index contributed by atoms with van der Waals surface area (Å²) < 4.78 is 45.3. The van der Waals surface area contributed by atoms with E-state index in [9.17, 15) is 22.8 Å². The molecule has 1 N–H and O–H groups in total. The Morgan fingerprint density at radius 1 is 1.20 bits per heavy atom. The molecule has 1 aromatic carbocycles. The van der Waals surface area contributed by atoms with E-state index < -0.39 is 34.5 Å². The summed E-state index contributed by atoms with van der Waals surface area (Å²) in [6, 6.07) is 6.66. The maximum Gasteiger partial charge on any atom is 0.434 e. The number of carbonyl (C=O) groups is 1. The fourth-order valence-corrected chi connectivity index (χ4v) is 2.46. The normalized spacial score (nSPS) is 12.1. The number of hydrogen-bond acceptors (Lipinski definition) is 4. The number of nitrogens with one attached hydrogen (secondary N) is 1. The largest absolute Gasteiger partial charge is 0.437 e. The molecule has 0 aliphatic heterocycles. The zero-order valence-corrected chi connectivity index (χ0v) is 13.3. The van der Waals surface area contributed by atoms with Gasteiger partial charge in [0, 0.05) is 6.04 Å². The lowest BCUT2D eigenvalue weighted by Gasteiger charge is -2.14. The van der Waals surface area contributed by atoms with Crippen LogP contribution in [0.15, 0.2) is 39.5 Å². The van der Waals surface area contributed by atoms with E-state index in [1.807, 2.05) is 0 Å². The average Bonchev–Trinajstić information content (AvgIpc) is 2.52. The van der Waals surface area contributed by atoms with E-state index in [1.54, 1.807) is 26.0 Å². The van der Waals surface area contributed by atoms with Gasteiger partial charge in [-0.05, 0) is 32.0 Å². The number of fused-ring (bicyclic) bond motifs is 2. The number of nitrogens with zero attached hydrogens (tertiary/aromatic N) is 1. The number of benzene rings is 1. The minimum absolute atomic E-state index is 0.125. The van der Waals surface area contributed by atoms with Crippen molar-refractivity contribution in [3.05, 3.63) is 51.8 Å². The first-order valence-electron chi connectivity index (χ1n) is 7.43. The molecule has 0 unspecified atom stereocenters. The molecule has 3 aromatic rings.